The summed E-state index contributed by atoms with van der Waals surface area (Å²) in [6.45, 7) is -0.453. The summed E-state index contributed by atoms with van der Waals surface area (Å²) in [6.07, 6.45) is -5.01. The van der Waals surface area contributed by atoms with Gasteiger partial charge in [-0.2, -0.15) is 0 Å². The minimum absolute atomic E-state index is 0.202. The van der Waals surface area contributed by atoms with Gasteiger partial charge in [0.1, 0.15) is 12.2 Å². The Kier molecular flexibility index (Phi) is 2.97. The van der Waals surface area contributed by atoms with Crippen LogP contribution in [0.1, 0.15) is 0 Å². The molecule has 0 bridgehead atoms. The second-order valence-corrected chi connectivity index (χ2v) is 2.99. The average molecular weight is 194 g/mol. The lowest BCUT2D eigenvalue weighted by Crippen LogP contribution is -2.56. The normalized spacial score (nSPS) is 42.5. The maximum atomic E-state index is 9.17. The summed E-state index contributed by atoms with van der Waals surface area (Å²) in [7, 11) is 0. The van der Waals surface area contributed by atoms with Gasteiger partial charge in [-0.25, -0.2) is 0 Å². The minimum Gasteiger partial charge on any atom is -0.476 e. The zero-order chi connectivity index (χ0) is 9.30. The van der Waals surface area contributed by atoms with E-state index in [9.17, 15) is 5.11 Å². The van der Waals surface area contributed by atoms with Crippen molar-refractivity contribution in [2.45, 2.75) is 24.4 Å². The molecule has 1 aliphatic heterocycles. The zero-order valence-corrected chi connectivity index (χ0v) is 6.94. The highest BCUT2D eigenvalue weighted by Gasteiger charge is 2.40. The first-order chi connectivity index (χ1) is 5.57. The number of hydrogen-bond donors (Lipinski definition) is 4. The van der Waals surface area contributed by atoms with Crippen molar-refractivity contribution in [3.63, 3.8) is 0 Å². The summed E-state index contributed by atoms with van der Waals surface area (Å²) < 4.78 is 4.75. The standard InChI is InChI=1S/C6H10O5S/c7-1-2-3(8)4(9)5(10)6(12)11-2/h2-5,7-10H,1H2/t2-,3-,4+,5?/m1/s1. The lowest BCUT2D eigenvalue weighted by atomic mass is 10.0. The van der Waals surface area contributed by atoms with E-state index in [1.807, 2.05) is 0 Å². The number of thiocarbonyl (C=S) groups is 1. The van der Waals surface area contributed by atoms with Crippen LogP contribution >= 0.6 is 12.2 Å². The van der Waals surface area contributed by atoms with Crippen LogP contribution in [0, 0.1) is 0 Å². The van der Waals surface area contributed by atoms with E-state index in [4.69, 9.17) is 20.1 Å². The summed E-state index contributed by atoms with van der Waals surface area (Å²) in [6, 6.07) is 0. The second-order valence-electron chi connectivity index (χ2n) is 2.58. The fourth-order valence-electron chi connectivity index (χ4n) is 0.980. The van der Waals surface area contributed by atoms with Gasteiger partial charge in [-0.1, -0.05) is 0 Å². The molecule has 1 saturated heterocycles. The quantitative estimate of drug-likeness (QED) is 0.354. The summed E-state index contributed by atoms with van der Waals surface area (Å²) in [4.78, 5) is 0. The van der Waals surface area contributed by atoms with Crippen LogP contribution in [0.3, 0.4) is 0 Å². The van der Waals surface area contributed by atoms with Gasteiger partial charge in [0.2, 0.25) is 0 Å². The third-order valence-electron chi connectivity index (χ3n) is 1.74. The van der Waals surface area contributed by atoms with Crippen LogP contribution in [0.5, 0.6) is 0 Å². The Morgan fingerprint density at radius 3 is 2.33 bits per heavy atom. The van der Waals surface area contributed by atoms with E-state index in [0.717, 1.165) is 0 Å². The number of rotatable bonds is 1. The van der Waals surface area contributed by atoms with E-state index < -0.39 is 31.0 Å². The first kappa shape index (κ1) is 9.82. The number of aliphatic hydroxyl groups is 4. The van der Waals surface area contributed by atoms with E-state index in [1.54, 1.807) is 0 Å². The van der Waals surface area contributed by atoms with Crippen molar-refractivity contribution < 1.29 is 25.2 Å². The van der Waals surface area contributed by atoms with Crippen molar-refractivity contribution in [2.24, 2.45) is 0 Å². The summed E-state index contributed by atoms with van der Waals surface area (Å²) in [5, 5.41) is 35.8. The molecule has 5 nitrogen and oxygen atoms in total. The third-order valence-corrected chi connectivity index (χ3v) is 2.08. The van der Waals surface area contributed by atoms with E-state index in [1.165, 1.54) is 0 Å². The zero-order valence-electron chi connectivity index (χ0n) is 6.12. The fraction of sp³-hybridized carbons (Fsp3) is 0.833. The van der Waals surface area contributed by atoms with Crippen LogP contribution in [0.25, 0.3) is 0 Å². The van der Waals surface area contributed by atoms with Gasteiger partial charge < -0.3 is 25.2 Å². The Balaban J connectivity index is 2.70. The molecule has 1 unspecified atom stereocenters. The van der Waals surface area contributed by atoms with E-state index in [2.05, 4.69) is 12.2 Å². The first-order valence-electron chi connectivity index (χ1n) is 3.43. The molecule has 70 valence electrons. The molecule has 1 fully saturated rings. The number of aliphatic hydroxyl groups excluding tert-OH is 4. The van der Waals surface area contributed by atoms with Crippen molar-refractivity contribution in [2.75, 3.05) is 6.61 Å². The maximum absolute atomic E-state index is 9.17. The SMILES string of the molecule is OC[C@H]1OC(=S)C(O)[C@@H](O)[C@@H]1O. The Morgan fingerprint density at radius 1 is 1.25 bits per heavy atom. The molecule has 1 rings (SSSR count). The van der Waals surface area contributed by atoms with Crippen LogP contribution in [0.15, 0.2) is 0 Å². The fourth-order valence-corrected chi connectivity index (χ4v) is 1.24. The van der Waals surface area contributed by atoms with Crippen LogP contribution in [-0.4, -0.2) is 56.5 Å². The Bertz CT molecular complexity index is 183. The molecular weight excluding hydrogens is 184 g/mol. The Labute approximate surface area is 74.2 Å². The van der Waals surface area contributed by atoms with Gasteiger partial charge in [-0.3, -0.25) is 0 Å². The molecule has 4 N–H and O–H groups in total. The first-order valence-corrected chi connectivity index (χ1v) is 3.84. The van der Waals surface area contributed by atoms with Crippen molar-refractivity contribution in [3.8, 4) is 0 Å². The molecule has 6 heteroatoms. The van der Waals surface area contributed by atoms with Gasteiger partial charge in [0, 0.05) is 0 Å². The predicted molar refractivity (Wildman–Crippen MR) is 42.6 cm³/mol. The molecule has 0 aliphatic carbocycles. The molecule has 12 heavy (non-hydrogen) atoms. The molecular formula is C6H10O5S. The summed E-state index contributed by atoms with van der Waals surface area (Å²) in [5.74, 6) is 0. The largest absolute Gasteiger partial charge is 0.476 e. The maximum Gasteiger partial charge on any atom is 0.191 e. The molecule has 0 saturated carbocycles. The van der Waals surface area contributed by atoms with E-state index in [0.29, 0.717) is 0 Å². The van der Waals surface area contributed by atoms with Crippen molar-refractivity contribution in [1.29, 1.82) is 0 Å². The second kappa shape index (κ2) is 3.63. The summed E-state index contributed by atoms with van der Waals surface area (Å²) in [5.41, 5.74) is 0. The van der Waals surface area contributed by atoms with Crippen LogP contribution in [-0.2, 0) is 4.74 Å². The molecule has 0 aromatic carbocycles. The van der Waals surface area contributed by atoms with Gasteiger partial charge in [0.25, 0.3) is 0 Å². The van der Waals surface area contributed by atoms with Gasteiger partial charge in [-0.05, 0) is 12.2 Å². The molecule has 1 heterocycles. The smallest absolute Gasteiger partial charge is 0.191 e. The van der Waals surface area contributed by atoms with Crippen LogP contribution in [0.2, 0.25) is 0 Å². The van der Waals surface area contributed by atoms with E-state index in [-0.39, 0.29) is 5.05 Å². The van der Waals surface area contributed by atoms with E-state index >= 15 is 0 Å². The van der Waals surface area contributed by atoms with Gasteiger partial charge in [0.05, 0.1) is 6.61 Å². The Morgan fingerprint density at radius 2 is 1.83 bits per heavy atom. The molecule has 0 aromatic rings. The highest BCUT2D eigenvalue weighted by atomic mass is 32.1. The van der Waals surface area contributed by atoms with Crippen LogP contribution < -0.4 is 0 Å². The monoisotopic (exact) mass is 194 g/mol. The lowest BCUT2D eigenvalue weighted by Gasteiger charge is -2.34. The minimum atomic E-state index is -1.39. The predicted octanol–water partition coefficient (Wildman–Crippen LogP) is -2.21. The average Bonchev–Trinajstić information content (AvgIpc) is 2.08. The van der Waals surface area contributed by atoms with Crippen LogP contribution in [0.4, 0.5) is 0 Å². The topological polar surface area (TPSA) is 90.2 Å². The molecule has 0 aromatic heterocycles. The number of hydrogen-bond acceptors (Lipinski definition) is 6. The summed E-state index contributed by atoms with van der Waals surface area (Å²) >= 11 is 4.55. The molecule has 4 atom stereocenters. The van der Waals surface area contributed by atoms with Gasteiger partial charge in [-0.15, -0.1) is 0 Å². The highest BCUT2D eigenvalue weighted by molar-refractivity contribution is 7.80. The number of ether oxygens (including phenoxy) is 1. The highest BCUT2D eigenvalue weighted by Crippen LogP contribution is 2.17. The third kappa shape index (κ3) is 1.57. The molecule has 1 aliphatic rings. The Hall–Kier alpha value is -0.270. The molecule has 0 amide bonds. The van der Waals surface area contributed by atoms with Gasteiger partial charge >= 0.3 is 0 Å². The lowest BCUT2D eigenvalue weighted by molar-refractivity contribution is -0.126. The van der Waals surface area contributed by atoms with Crippen molar-refractivity contribution in [1.82, 2.24) is 0 Å². The van der Waals surface area contributed by atoms with Crippen molar-refractivity contribution in [3.05, 3.63) is 0 Å². The van der Waals surface area contributed by atoms with Gasteiger partial charge in [0.15, 0.2) is 17.3 Å². The molecule has 0 radical (unpaired) electrons. The molecule has 0 spiro atoms. The van der Waals surface area contributed by atoms with Crippen molar-refractivity contribution >= 4 is 17.3 Å².